The van der Waals surface area contributed by atoms with Crippen LogP contribution in [0.5, 0.6) is 0 Å². The summed E-state index contributed by atoms with van der Waals surface area (Å²) in [5.74, 6) is 0.587. The summed E-state index contributed by atoms with van der Waals surface area (Å²) in [7, 11) is 0. The van der Waals surface area contributed by atoms with E-state index in [1.54, 1.807) is 6.20 Å². The quantitative estimate of drug-likeness (QED) is 0.247. The molecular formula is C19H35N. The number of hydrogen-bond acceptors (Lipinski definition) is 1. The zero-order chi connectivity index (χ0) is 15.1. The number of rotatable bonds is 14. The first-order chi connectivity index (χ1) is 9.79. The highest BCUT2D eigenvalue weighted by Gasteiger charge is 2.12. The molecule has 1 atom stereocenters. The van der Waals surface area contributed by atoms with E-state index in [4.69, 9.17) is 0 Å². The monoisotopic (exact) mass is 277 g/mol. The number of hydrogen-bond donors (Lipinski definition) is 0. The second-order valence-corrected chi connectivity index (χ2v) is 5.69. The van der Waals surface area contributed by atoms with Crippen LogP contribution in [0.25, 0.3) is 0 Å². The Morgan fingerprint density at radius 1 is 0.850 bits per heavy atom. The highest BCUT2D eigenvalue weighted by Crippen LogP contribution is 2.21. The van der Waals surface area contributed by atoms with E-state index in [2.05, 4.69) is 32.0 Å². The maximum Gasteiger partial charge on any atom is 0.0428 e. The molecule has 0 amide bonds. The molecule has 1 heteroatoms. The number of nitrogens with zero attached hydrogens (tertiary/aromatic N) is 1. The largest absolute Gasteiger partial charge is 0.262 e. The molecule has 20 heavy (non-hydrogen) atoms. The molecule has 0 heterocycles. The molecule has 1 unspecified atom stereocenters. The van der Waals surface area contributed by atoms with E-state index < -0.39 is 0 Å². The summed E-state index contributed by atoms with van der Waals surface area (Å²) in [5, 5.41) is 0. The van der Waals surface area contributed by atoms with Gasteiger partial charge >= 0.3 is 0 Å². The van der Waals surface area contributed by atoms with Crippen LogP contribution in [-0.2, 0) is 0 Å². The minimum absolute atomic E-state index is 0.587. The summed E-state index contributed by atoms with van der Waals surface area (Å²) in [6.45, 7) is 12.2. The van der Waals surface area contributed by atoms with Gasteiger partial charge in [0.15, 0.2) is 0 Å². The van der Waals surface area contributed by atoms with Crippen LogP contribution in [0.3, 0.4) is 0 Å². The molecular weight excluding hydrogens is 242 g/mol. The fourth-order valence-corrected chi connectivity index (χ4v) is 2.68. The van der Waals surface area contributed by atoms with E-state index in [9.17, 15) is 0 Å². The topological polar surface area (TPSA) is 12.4 Å². The minimum atomic E-state index is 0.587. The second kappa shape index (κ2) is 14.6. The van der Waals surface area contributed by atoms with Crippen molar-refractivity contribution in [1.82, 2.24) is 0 Å². The number of allylic oxidation sites excluding steroid dienone is 1. The summed E-state index contributed by atoms with van der Waals surface area (Å²) >= 11 is 0. The Morgan fingerprint density at radius 3 is 1.80 bits per heavy atom. The fraction of sp³-hybridized carbons (Fsp3) is 0.737. The molecule has 0 rings (SSSR count). The average molecular weight is 277 g/mol. The van der Waals surface area contributed by atoms with E-state index in [0.717, 1.165) is 5.71 Å². The van der Waals surface area contributed by atoms with Crippen LogP contribution in [0.1, 0.15) is 84.5 Å². The van der Waals surface area contributed by atoms with Crippen LogP contribution in [0.15, 0.2) is 30.4 Å². The van der Waals surface area contributed by atoms with Crippen molar-refractivity contribution in [3.63, 3.8) is 0 Å². The smallest absolute Gasteiger partial charge is 0.0428 e. The maximum absolute atomic E-state index is 4.42. The lowest BCUT2D eigenvalue weighted by atomic mass is 9.90. The van der Waals surface area contributed by atoms with Crippen LogP contribution in [-0.4, -0.2) is 5.71 Å². The van der Waals surface area contributed by atoms with Gasteiger partial charge in [-0.05, 0) is 18.9 Å². The zero-order valence-corrected chi connectivity index (χ0v) is 13.9. The third-order valence-corrected chi connectivity index (χ3v) is 3.93. The van der Waals surface area contributed by atoms with Crippen LogP contribution in [0.2, 0.25) is 0 Å². The van der Waals surface area contributed by atoms with Crippen molar-refractivity contribution >= 4 is 5.71 Å². The summed E-state index contributed by atoms with van der Waals surface area (Å²) in [5.41, 5.74) is 1.15. The van der Waals surface area contributed by atoms with E-state index in [1.807, 2.05) is 6.08 Å². The molecule has 116 valence electrons. The van der Waals surface area contributed by atoms with Gasteiger partial charge in [-0.3, -0.25) is 4.99 Å². The Kier molecular flexibility index (Phi) is 13.9. The predicted molar refractivity (Wildman–Crippen MR) is 93.5 cm³/mol. The highest BCUT2D eigenvalue weighted by molar-refractivity contribution is 5.96. The Bertz CT molecular complexity index is 265. The van der Waals surface area contributed by atoms with Crippen molar-refractivity contribution < 1.29 is 0 Å². The Balaban J connectivity index is 4.19. The normalized spacial score (nSPS) is 13.2. The van der Waals surface area contributed by atoms with Crippen molar-refractivity contribution in [2.75, 3.05) is 0 Å². The lowest BCUT2D eigenvalue weighted by molar-refractivity contribution is 0.491. The van der Waals surface area contributed by atoms with Crippen molar-refractivity contribution in [3.8, 4) is 0 Å². The standard InChI is InChI=1S/C19H35N/c1-5-9-11-13-15-17-18(16-14-12-10-6-2)19(7-3)20-8-4/h7-8,18H,3-6,9-17H2,1-2H3. The summed E-state index contributed by atoms with van der Waals surface area (Å²) in [6, 6.07) is 0. The number of aliphatic imine (C=N–C) groups is 1. The third-order valence-electron chi connectivity index (χ3n) is 3.93. The molecule has 0 radical (unpaired) electrons. The molecule has 0 aliphatic carbocycles. The molecule has 0 N–H and O–H groups in total. The van der Waals surface area contributed by atoms with Gasteiger partial charge in [-0.25, -0.2) is 0 Å². The predicted octanol–water partition coefficient (Wildman–Crippen LogP) is 6.70. The lowest BCUT2D eigenvalue weighted by Gasteiger charge is -2.17. The van der Waals surface area contributed by atoms with Gasteiger partial charge in [0.1, 0.15) is 0 Å². The SMILES string of the molecule is C=CN=C(C=C)C(CCCCCC)CCCCCCC. The molecule has 0 aliphatic heterocycles. The lowest BCUT2D eigenvalue weighted by Crippen LogP contribution is -2.12. The van der Waals surface area contributed by atoms with E-state index in [1.165, 1.54) is 70.6 Å². The number of unbranched alkanes of at least 4 members (excludes halogenated alkanes) is 7. The molecule has 0 aliphatic rings. The Hall–Kier alpha value is -0.850. The van der Waals surface area contributed by atoms with Crippen LogP contribution >= 0.6 is 0 Å². The summed E-state index contributed by atoms with van der Waals surface area (Å²) in [4.78, 5) is 4.42. The van der Waals surface area contributed by atoms with Gasteiger partial charge in [0, 0.05) is 17.8 Å². The Morgan fingerprint density at radius 2 is 1.35 bits per heavy atom. The molecule has 0 aromatic heterocycles. The van der Waals surface area contributed by atoms with Gasteiger partial charge in [-0.2, -0.15) is 0 Å². The molecule has 0 spiro atoms. The molecule has 0 saturated heterocycles. The zero-order valence-electron chi connectivity index (χ0n) is 13.9. The first kappa shape index (κ1) is 19.1. The van der Waals surface area contributed by atoms with Crippen molar-refractivity contribution in [2.24, 2.45) is 10.9 Å². The Labute approximate surface area is 127 Å². The molecule has 0 bridgehead atoms. The second-order valence-electron chi connectivity index (χ2n) is 5.69. The van der Waals surface area contributed by atoms with Crippen LogP contribution in [0, 0.1) is 5.92 Å². The maximum atomic E-state index is 4.42. The molecule has 0 fully saturated rings. The van der Waals surface area contributed by atoms with Crippen LogP contribution < -0.4 is 0 Å². The van der Waals surface area contributed by atoms with Crippen molar-refractivity contribution in [2.45, 2.75) is 84.5 Å². The first-order valence-corrected chi connectivity index (χ1v) is 8.61. The minimum Gasteiger partial charge on any atom is -0.262 e. The van der Waals surface area contributed by atoms with Gasteiger partial charge in [0.25, 0.3) is 0 Å². The highest BCUT2D eigenvalue weighted by atomic mass is 14.7. The van der Waals surface area contributed by atoms with Gasteiger partial charge in [0.05, 0.1) is 0 Å². The van der Waals surface area contributed by atoms with Gasteiger partial charge in [-0.1, -0.05) is 84.8 Å². The molecule has 0 saturated carbocycles. The molecule has 0 aromatic rings. The van der Waals surface area contributed by atoms with Crippen LogP contribution in [0.4, 0.5) is 0 Å². The fourth-order valence-electron chi connectivity index (χ4n) is 2.68. The molecule has 0 aromatic carbocycles. The van der Waals surface area contributed by atoms with E-state index >= 15 is 0 Å². The van der Waals surface area contributed by atoms with Gasteiger partial charge in [0.2, 0.25) is 0 Å². The summed E-state index contributed by atoms with van der Waals surface area (Å²) < 4.78 is 0. The van der Waals surface area contributed by atoms with Gasteiger partial charge in [-0.15, -0.1) is 0 Å². The van der Waals surface area contributed by atoms with Crippen molar-refractivity contribution in [3.05, 3.63) is 25.4 Å². The third kappa shape index (κ3) is 10.00. The van der Waals surface area contributed by atoms with E-state index in [-0.39, 0.29) is 0 Å². The first-order valence-electron chi connectivity index (χ1n) is 8.61. The van der Waals surface area contributed by atoms with Gasteiger partial charge < -0.3 is 0 Å². The molecule has 1 nitrogen and oxygen atoms in total. The van der Waals surface area contributed by atoms with Crippen molar-refractivity contribution in [1.29, 1.82) is 0 Å². The summed E-state index contributed by atoms with van der Waals surface area (Å²) in [6.07, 6.45) is 18.2. The van der Waals surface area contributed by atoms with E-state index in [0.29, 0.717) is 5.92 Å². The average Bonchev–Trinajstić information content (AvgIpc) is 2.47.